The van der Waals surface area contributed by atoms with Gasteiger partial charge in [-0.05, 0) is 31.5 Å². The first kappa shape index (κ1) is 11.2. The summed E-state index contributed by atoms with van der Waals surface area (Å²) >= 11 is 0. The molecule has 0 amide bonds. The van der Waals surface area contributed by atoms with Gasteiger partial charge in [0.25, 0.3) is 0 Å². The number of aliphatic hydroxyl groups excluding tert-OH is 1. The Balaban J connectivity index is 1.85. The van der Waals surface area contributed by atoms with Crippen molar-refractivity contribution >= 4 is 11.0 Å². The van der Waals surface area contributed by atoms with Crippen LogP contribution in [-0.4, -0.2) is 18.3 Å². The number of fused-ring (bicyclic) bond motifs is 1. The molecule has 1 aromatic heterocycles. The number of furan rings is 1. The van der Waals surface area contributed by atoms with E-state index in [-0.39, 0.29) is 6.61 Å². The molecule has 0 saturated heterocycles. The molecule has 0 spiro atoms. The Morgan fingerprint density at radius 1 is 1.19 bits per heavy atom. The highest BCUT2D eigenvalue weighted by molar-refractivity contribution is 5.77. The molecule has 3 heteroatoms. The summed E-state index contributed by atoms with van der Waals surface area (Å²) in [6.45, 7) is 1.93. The summed E-state index contributed by atoms with van der Waals surface area (Å²) in [6, 6.07) is 10.1. The van der Waals surface area contributed by atoms with Crippen LogP contribution < -0.4 is 5.32 Å². The maximum absolute atomic E-state index is 8.63. The zero-order valence-corrected chi connectivity index (χ0v) is 9.28. The molecule has 0 aliphatic rings. The second-order valence-corrected chi connectivity index (χ2v) is 3.86. The second kappa shape index (κ2) is 5.68. The zero-order valence-electron chi connectivity index (χ0n) is 9.28. The molecule has 16 heavy (non-hydrogen) atoms. The van der Waals surface area contributed by atoms with Crippen molar-refractivity contribution in [2.45, 2.75) is 19.4 Å². The number of hydrogen-bond acceptors (Lipinski definition) is 3. The zero-order chi connectivity index (χ0) is 11.2. The fourth-order valence-corrected chi connectivity index (χ4v) is 1.70. The predicted molar refractivity (Wildman–Crippen MR) is 64.2 cm³/mol. The van der Waals surface area contributed by atoms with Crippen LogP contribution in [0, 0.1) is 0 Å². The SMILES string of the molecule is OCCCCNCc1cc2ccccc2o1. The summed E-state index contributed by atoms with van der Waals surface area (Å²) in [5.74, 6) is 0.963. The van der Waals surface area contributed by atoms with E-state index in [1.54, 1.807) is 0 Å². The Hall–Kier alpha value is -1.32. The molecule has 1 aromatic carbocycles. The van der Waals surface area contributed by atoms with Gasteiger partial charge in [-0.3, -0.25) is 0 Å². The number of unbranched alkanes of at least 4 members (excludes halogenated alkanes) is 1. The van der Waals surface area contributed by atoms with Crippen molar-refractivity contribution in [2.75, 3.05) is 13.2 Å². The fraction of sp³-hybridized carbons (Fsp3) is 0.385. The average Bonchev–Trinajstić information content (AvgIpc) is 2.71. The van der Waals surface area contributed by atoms with E-state index < -0.39 is 0 Å². The minimum atomic E-state index is 0.270. The van der Waals surface area contributed by atoms with E-state index in [4.69, 9.17) is 9.52 Å². The van der Waals surface area contributed by atoms with E-state index >= 15 is 0 Å². The first-order chi connectivity index (χ1) is 7.90. The summed E-state index contributed by atoms with van der Waals surface area (Å²) in [4.78, 5) is 0. The third-order valence-corrected chi connectivity index (χ3v) is 2.54. The summed E-state index contributed by atoms with van der Waals surface area (Å²) in [5, 5.41) is 13.1. The Morgan fingerprint density at radius 3 is 2.88 bits per heavy atom. The smallest absolute Gasteiger partial charge is 0.134 e. The lowest BCUT2D eigenvalue weighted by atomic mass is 10.2. The third-order valence-electron chi connectivity index (χ3n) is 2.54. The van der Waals surface area contributed by atoms with Crippen molar-refractivity contribution < 1.29 is 9.52 Å². The summed E-state index contributed by atoms with van der Waals surface area (Å²) < 4.78 is 5.66. The van der Waals surface area contributed by atoms with Crippen molar-refractivity contribution in [2.24, 2.45) is 0 Å². The van der Waals surface area contributed by atoms with Crippen LogP contribution in [0.15, 0.2) is 34.7 Å². The predicted octanol–water partition coefficient (Wildman–Crippen LogP) is 2.29. The lowest BCUT2D eigenvalue weighted by Gasteiger charge is -2.00. The van der Waals surface area contributed by atoms with Gasteiger partial charge in [0.15, 0.2) is 0 Å². The number of rotatable bonds is 6. The largest absolute Gasteiger partial charge is 0.460 e. The molecule has 0 aliphatic heterocycles. The number of para-hydroxylation sites is 1. The highest BCUT2D eigenvalue weighted by Crippen LogP contribution is 2.18. The average molecular weight is 219 g/mol. The van der Waals surface area contributed by atoms with E-state index in [2.05, 4.69) is 11.4 Å². The van der Waals surface area contributed by atoms with Crippen molar-refractivity contribution in [3.05, 3.63) is 36.1 Å². The Kier molecular flexibility index (Phi) is 3.97. The van der Waals surface area contributed by atoms with Gasteiger partial charge in [0.1, 0.15) is 11.3 Å². The molecule has 0 radical (unpaired) electrons. The van der Waals surface area contributed by atoms with Crippen molar-refractivity contribution in [1.29, 1.82) is 0 Å². The van der Waals surface area contributed by atoms with Crippen LogP contribution in [0.1, 0.15) is 18.6 Å². The number of hydrogen-bond donors (Lipinski definition) is 2. The van der Waals surface area contributed by atoms with Crippen LogP contribution in [0.5, 0.6) is 0 Å². The van der Waals surface area contributed by atoms with Gasteiger partial charge in [-0.15, -0.1) is 0 Å². The van der Waals surface area contributed by atoms with Gasteiger partial charge in [-0.25, -0.2) is 0 Å². The maximum atomic E-state index is 8.63. The lowest BCUT2D eigenvalue weighted by Crippen LogP contribution is -2.14. The molecule has 0 unspecified atom stereocenters. The first-order valence-electron chi connectivity index (χ1n) is 5.69. The molecular formula is C13H17NO2. The Morgan fingerprint density at radius 2 is 2.06 bits per heavy atom. The molecule has 0 atom stereocenters. The molecule has 2 N–H and O–H groups in total. The molecule has 86 valence electrons. The van der Waals surface area contributed by atoms with Gasteiger partial charge in [-0.1, -0.05) is 18.2 Å². The van der Waals surface area contributed by atoms with Gasteiger partial charge in [0, 0.05) is 12.0 Å². The summed E-state index contributed by atoms with van der Waals surface area (Å²) in [5.41, 5.74) is 0.939. The van der Waals surface area contributed by atoms with Crippen LogP contribution in [0.2, 0.25) is 0 Å². The molecule has 0 saturated carbocycles. The van der Waals surface area contributed by atoms with Crippen LogP contribution >= 0.6 is 0 Å². The van der Waals surface area contributed by atoms with Crippen molar-refractivity contribution in [1.82, 2.24) is 5.32 Å². The highest BCUT2D eigenvalue weighted by atomic mass is 16.3. The standard InChI is InChI=1S/C13H17NO2/c15-8-4-3-7-14-10-12-9-11-5-1-2-6-13(11)16-12/h1-2,5-6,9,14-15H,3-4,7-8,10H2. The molecule has 2 aromatic rings. The Labute approximate surface area is 95.1 Å². The van der Waals surface area contributed by atoms with Gasteiger partial charge in [0.05, 0.1) is 6.54 Å². The second-order valence-electron chi connectivity index (χ2n) is 3.86. The van der Waals surface area contributed by atoms with E-state index in [1.807, 2.05) is 24.3 Å². The van der Waals surface area contributed by atoms with Gasteiger partial charge < -0.3 is 14.8 Å². The quantitative estimate of drug-likeness (QED) is 0.733. The Bertz CT molecular complexity index is 403. The monoisotopic (exact) mass is 219 g/mol. The molecule has 3 nitrogen and oxygen atoms in total. The van der Waals surface area contributed by atoms with Gasteiger partial charge in [-0.2, -0.15) is 0 Å². The molecule has 0 aliphatic carbocycles. The third kappa shape index (κ3) is 2.84. The van der Waals surface area contributed by atoms with Gasteiger partial charge >= 0.3 is 0 Å². The normalized spacial score (nSPS) is 11.1. The summed E-state index contributed by atoms with van der Waals surface area (Å²) in [7, 11) is 0. The van der Waals surface area contributed by atoms with Crippen LogP contribution in [0.3, 0.4) is 0 Å². The van der Waals surface area contributed by atoms with E-state index in [9.17, 15) is 0 Å². The molecule has 0 bridgehead atoms. The number of benzene rings is 1. The van der Waals surface area contributed by atoms with Crippen LogP contribution in [0.4, 0.5) is 0 Å². The van der Waals surface area contributed by atoms with Crippen LogP contribution in [0.25, 0.3) is 11.0 Å². The minimum Gasteiger partial charge on any atom is -0.460 e. The van der Waals surface area contributed by atoms with E-state index in [0.29, 0.717) is 0 Å². The lowest BCUT2D eigenvalue weighted by molar-refractivity contribution is 0.283. The first-order valence-corrected chi connectivity index (χ1v) is 5.69. The number of nitrogens with one attached hydrogen (secondary N) is 1. The van der Waals surface area contributed by atoms with Gasteiger partial charge in [0.2, 0.25) is 0 Å². The van der Waals surface area contributed by atoms with Crippen molar-refractivity contribution in [3.63, 3.8) is 0 Å². The minimum absolute atomic E-state index is 0.270. The molecule has 1 heterocycles. The maximum Gasteiger partial charge on any atom is 0.134 e. The van der Waals surface area contributed by atoms with E-state index in [1.165, 1.54) is 0 Å². The van der Waals surface area contributed by atoms with E-state index in [0.717, 1.165) is 42.7 Å². The fourth-order valence-electron chi connectivity index (χ4n) is 1.70. The highest BCUT2D eigenvalue weighted by Gasteiger charge is 2.01. The molecule has 2 rings (SSSR count). The molecule has 0 fully saturated rings. The van der Waals surface area contributed by atoms with Crippen molar-refractivity contribution in [3.8, 4) is 0 Å². The molecular weight excluding hydrogens is 202 g/mol. The number of aliphatic hydroxyl groups is 1. The topological polar surface area (TPSA) is 45.4 Å². The summed E-state index contributed by atoms with van der Waals surface area (Å²) in [6.07, 6.45) is 1.85. The van der Waals surface area contributed by atoms with Crippen LogP contribution in [-0.2, 0) is 6.54 Å².